The van der Waals surface area contributed by atoms with Crippen molar-refractivity contribution in [3.8, 4) is 0 Å². The van der Waals surface area contributed by atoms with Crippen LogP contribution in [0.3, 0.4) is 0 Å². The maximum absolute atomic E-state index is 9.34. The summed E-state index contributed by atoms with van der Waals surface area (Å²) in [4.78, 5) is 0. The first kappa shape index (κ1) is 9.98. The molecule has 11 heavy (non-hydrogen) atoms. The van der Waals surface area contributed by atoms with Crippen molar-refractivity contribution in [3.63, 3.8) is 0 Å². The minimum Gasteiger partial charge on any atom is -0.540 e. The fourth-order valence-electron chi connectivity index (χ4n) is 1.31. The molecule has 2 N–H and O–H groups in total. The van der Waals surface area contributed by atoms with Gasteiger partial charge in [0.05, 0.1) is 19.3 Å². The van der Waals surface area contributed by atoms with Crippen LogP contribution in [0.1, 0.15) is 0 Å². The first-order valence-electron chi connectivity index (χ1n) is 3.20. The zero-order chi connectivity index (χ0) is 7.19. The Kier molecular flexibility index (Phi) is 3.02. The molecule has 0 aromatic heterocycles. The van der Waals surface area contributed by atoms with Gasteiger partial charge in [0.1, 0.15) is 5.60 Å². The molecule has 2 heterocycles. The van der Waals surface area contributed by atoms with Crippen molar-refractivity contribution in [2.24, 2.45) is 0 Å². The summed E-state index contributed by atoms with van der Waals surface area (Å²) in [5, 5.41) is 18.2. The molecule has 0 aromatic carbocycles. The Labute approximate surface area is 88.2 Å². The van der Waals surface area contributed by atoms with Crippen molar-refractivity contribution in [2.75, 3.05) is 13.2 Å². The summed E-state index contributed by atoms with van der Waals surface area (Å²) in [5.74, 6) is 0. The predicted molar refractivity (Wildman–Crippen MR) is 30.9 cm³/mol. The van der Waals surface area contributed by atoms with Crippen molar-refractivity contribution in [2.45, 2.75) is 17.8 Å². The van der Waals surface area contributed by atoms with Crippen LogP contribution in [0, 0.1) is 37.7 Å². The minimum atomic E-state index is -0.856. The van der Waals surface area contributed by atoms with Crippen LogP contribution < -0.4 is 0 Å². The molecule has 2 aliphatic heterocycles. The van der Waals surface area contributed by atoms with Crippen molar-refractivity contribution in [1.82, 2.24) is 0 Å². The van der Waals surface area contributed by atoms with Crippen LogP contribution in [0.2, 0.25) is 0 Å². The Hall–Kier alpha value is 0.892. The van der Waals surface area contributed by atoms with Crippen LogP contribution in [0.25, 0.3) is 0 Å². The van der Waals surface area contributed by atoms with Gasteiger partial charge >= 0.3 is 0 Å². The average molecular weight is 383 g/mol. The van der Waals surface area contributed by atoms with Crippen LogP contribution in [0.4, 0.5) is 0 Å². The topological polar surface area (TPSA) is 58.9 Å². The fourth-order valence-corrected chi connectivity index (χ4v) is 1.31. The summed E-state index contributed by atoms with van der Waals surface area (Å²) in [6.07, 6.45) is -1.04. The Morgan fingerprint density at radius 2 is 2.36 bits per heavy atom. The molecule has 2 saturated heterocycles. The fraction of sp³-hybridized carbons (Fsp3) is 0.833. The maximum Gasteiger partial charge on any atom is 0.109 e. The third kappa shape index (κ3) is 1.28. The van der Waals surface area contributed by atoms with E-state index in [1.165, 1.54) is 6.61 Å². The average Bonchev–Trinajstić information content (AvgIpc) is 2.46. The number of aliphatic hydroxyl groups excluding tert-OH is 2. The Morgan fingerprint density at radius 1 is 1.64 bits per heavy atom. The second-order valence-corrected chi connectivity index (χ2v) is 2.70. The Bertz CT molecular complexity index is 144. The van der Waals surface area contributed by atoms with Crippen LogP contribution in [-0.4, -0.2) is 41.2 Å². The molecule has 5 heteroatoms. The molecule has 1 unspecified atom stereocenters. The molecule has 3 atom stereocenters. The van der Waals surface area contributed by atoms with Crippen molar-refractivity contribution < 1.29 is 50.8 Å². The first-order valence-corrected chi connectivity index (χ1v) is 3.20. The maximum atomic E-state index is 9.34. The molecule has 4 nitrogen and oxygen atoms in total. The molecule has 0 saturated carbocycles. The first-order chi connectivity index (χ1) is 4.78. The molecule has 0 radical (unpaired) electrons. The molecular formula is C6H9O4U-. The van der Waals surface area contributed by atoms with Gasteiger partial charge in [-0.3, -0.25) is 0 Å². The predicted octanol–water partition coefficient (Wildman–Crippen LogP) is -1.33. The SMILES string of the molecule is OC[C@]12CO[C@@H]([CH-]O1)C2O.[U]. The van der Waals surface area contributed by atoms with Gasteiger partial charge in [0.2, 0.25) is 0 Å². The normalized spacial score (nSPS) is 47.5. The van der Waals surface area contributed by atoms with Gasteiger partial charge in [-0.15, -0.1) is 0 Å². The van der Waals surface area contributed by atoms with Gasteiger partial charge in [-0.25, -0.2) is 0 Å². The zero-order valence-corrected chi connectivity index (χ0v) is 10.0. The molecule has 2 fully saturated rings. The van der Waals surface area contributed by atoms with Crippen LogP contribution in [0.5, 0.6) is 0 Å². The quantitative estimate of drug-likeness (QED) is 0.551. The van der Waals surface area contributed by atoms with Gasteiger partial charge < -0.3 is 19.7 Å². The standard InChI is InChI=1S/C6H9O4.U/c7-2-6-3-9-4(1-10-6)5(6)8;/h1,4-5,7-8H,2-3H2;/q-1;/t4-,5?,6+;/m0./s1. The molecule has 2 aliphatic rings. The van der Waals surface area contributed by atoms with Gasteiger partial charge in [0.25, 0.3) is 0 Å². The number of aliphatic hydroxyl groups is 2. The molecule has 0 spiro atoms. The van der Waals surface area contributed by atoms with Crippen LogP contribution >= 0.6 is 0 Å². The molecule has 2 bridgehead atoms. The summed E-state index contributed by atoms with van der Waals surface area (Å²) in [7, 11) is 0. The van der Waals surface area contributed by atoms with E-state index in [1.54, 1.807) is 0 Å². The van der Waals surface area contributed by atoms with Crippen molar-refractivity contribution >= 4 is 0 Å². The number of ether oxygens (including phenoxy) is 2. The van der Waals surface area contributed by atoms with E-state index in [0.29, 0.717) is 0 Å². The monoisotopic (exact) mass is 383 g/mol. The van der Waals surface area contributed by atoms with Gasteiger partial charge in [0, 0.05) is 31.1 Å². The molecule has 62 valence electrons. The van der Waals surface area contributed by atoms with E-state index in [2.05, 4.69) is 0 Å². The van der Waals surface area contributed by atoms with E-state index in [4.69, 9.17) is 14.6 Å². The number of hydrogen-bond acceptors (Lipinski definition) is 4. The van der Waals surface area contributed by atoms with E-state index >= 15 is 0 Å². The van der Waals surface area contributed by atoms with E-state index < -0.39 is 11.7 Å². The largest absolute Gasteiger partial charge is 0.540 e. The van der Waals surface area contributed by atoms with Crippen LogP contribution in [-0.2, 0) is 9.47 Å². The summed E-state index contributed by atoms with van der Waals surface area (Å²) in [6.45, 7) is 1.53. The summed E-state index contributed by atoms with van der Waals surface area (Å²) in [5.41, 5.74) is -0.856. The van der Waals surface area contributed by atoms with Crippen LogP contribution in [0.15, 0.2) is 0 Å². The van der Waals surface area contributed by atoms with Crippen molar-refractivity contribution in [3.05, 3.63) is 6.61 Å². The minimum absolute atomic E-state index is 0. The zero-order valence-electron chi connectivity index (χ0n) is 5.86. The summed E-state index contributed by atoms with van der Waals surface area (Å²) in [6, 6.07) is 0. The Balaban J connectivity index is 0.000000605. The third-order valence-electron chi connectivity index (χ3n) is 2.07. The number of fused-ring (bicyclic) bond motifs is 2. The van der Waals surface area contributed by atoms with E-state index in [-0.39, 0.29) is 50.4 Å². The summed E-state index contributed by atoms with van der Waals surface area (Å²) < 4.78 is 10.1. The summed E-state index contributed by atoms with van der Waals surface area (Å²) >= 11 is 0. The van der Waals surface area contributed by atoms with Gasteiger partial charge in [-0.1, -0.05) is 0 Å². The van der Waals surface area contributed by atoms with Gasteiger partial charge in [0.15, 0.2) is 0 Å². The number of hydrogen-bond donors (Lipinski definition) is 2. The smallest absolute Gasteiger partial charge is 0.109 e. The molecule has 0 amide bonds. The molecule has 2 rings (SSSR count). The van der Waals surface area contributed by atoms with Crippen molar-refractivity contribution in [1.29, 1.82) is 0 Å². The Morgan fingerprint density at radius 3 is 2.55 bits per heavy atom. The second-order valence-electron chi connectivity index (χ2n) is 2.70. The second kappa shape index (κ2) is 3.33. The van der Waals surface area contributed by atoms with Gasteiger partial charge in [-0.05, 0) is 6.10 Å². The third-order valence-corrected chi connectivity index (χ3v) is 2.07. The van der Waals surface area contributed by atoms with Gasteiger partial charge in [-0.2, -0.15) is 6.61 Å². The van der Waals surface area contributed by atoms with E-state index in [9.17, 15) is 5.11 Å². The molecular weight excluding hydrogens is 374 g/mol. The van der Waals surface area contributed by atoms with E-state index in [0.717, 1.165) is 0 Å². The number of rotatable bonds is 1. The molecule has 0 aromatic rings. The molecule has 0 aliphatic carbocycles. The van der Waals surface area contributed by atoms with E-state index in [1.807, 2.05) is 0 Å².